The highest BCUT2D eigenvalue weighted by Crippen LogP contribution is 2.15. The van der Waals surface area contributed by atoms with Crippen LogP contribution in [0.3, 0.4) is 0 Å². The summed E-state index contributed by atoms with van der Waals surface area (Å²) < 4.78 is 5.27. The van der Waals surface area contributed by atoms with Gasteiger partial charge in [0.15, 0.2) is 0 Å². The second kappa shape index (κ2) is 6.85. The van der Waals surface area contributed by atoms with Crippen LogP contribution in [0.5, 0.6) is 0 Å². The van der Waals surface area contributed by atoms with E-state index in [4.69, 9.17) is 4.74 Å². The Labute approximate surface area is 125 Å². The number of ether oxygens (including phenoxy) is 1. The summed E-state index contributed by atoms with van der Waals surface area (Å²) in [6.07, 6.45) is 0. The van der Waals surface area contributed by atoms with Gasteiger partial charge in [0.05, 0.1) is 13.2 Å². The first kappa shape index (κ1) is 15.7. The zero-order valence-corrected chi connectivity index (χ0v) is 13.2. The molecule has 0 bridgehead atoms. The van der Waals surface area contributed by atoms with Crippen molar-refractivity contribution in [2.45, 2.75) is 39.7 Å². The molecule has 1 aliphatic heterocycles. The molecule has 0 aromatic carbocycles. The minimum Gasteiger partial charge on any atom is -0.378 e. The summed E-state index contributed by atoms with van der Waals surface area (Å²) in [4.78, 5) is 23.1. The fourth-order valence-corrected chi connectivity index (χ4v) is 2.26. The molecule has 1 saturated heterocycles. The summed E-state index contributed by atoms with van der Waals surface area (Å²) in [5.41, 5.74) is 0.905. The smallest absolute Gasteiger partial charge is 0.244 e. The first-order valence-corrected chi connectivity index (χ1v) is 7.46. The predicted octanol–water partition coefficient (Wildman–Crippen LogP) is 1.57. The first-order chi connectivity index (χ1) is 9.97. The van der Waals surface area contributed by atoms with E-state index in [0.29, 0.717) is 32.1 Å². The van der Waals surface area contributed by atoms with Gasteiger partial charge in [0.25, 0.3) is 0 Å². The number of carbonyl (C=O) groups excluding carboxylic acids is 1. The number of hydrogen-bond donors (Lipinski definition) is 1. The average molecular weight is 292 g/mol. The van der Waals surface area contributed by atoms with Crippen molar-refractivity contribution < 1.29 is 9.53 Å². The molecule has 0 saturated carbocycles. The van der Waals surface area contributed by atoms with Crippen LogP contribution in [-0.4, -0.2) is 53.1 Å². The number of nitrogens with zero attached hydrogens (tertiary/aromatic N) is 3. The second-order valence-electron chi connectivity index (χ2n) is 5.71. The normalized spacial score (nSPS) is 16.9. The molecule has 6 nitrogen and oxygen atoms in total. The molecule has 1 unspecified atom stereocenters. The Kier molecular flexibility index (Phi) is 5.12. The van der Waals surface area contributed by atoms with Gasteiger partial charge in [-0.15, -0.1) is 0 Å². The minimum absolute atomic E-state index is 0.0839. The van der Waals surface area contributed by atoms with Crippen LogP contribution in [0.2, 0.25) is 0 Å². The molecule has 1 aromatic heterocycles. The van der Waals surface area contributed by atoms with Gasteiger partial charge in [-0.25, -0.2) is 9.97 Å². The molecular formula is C15H24N4O2. The highest BCUT2D eigenvalue weighted by molar-refractivity contribution is 5.84. The highest BCUT2D eigenvalue weighted by Gasteiger charge is 2.22. The molecule has 0 spiro atoms. The molecule has 1 N–H and O–H groups in total. The van der Waals surface area contributed by atoms with Gasteiger partial charge < -0.3 is 15.0 Å². The van der Waals surface area contributed by atoms with Crippen molar-refractivity contribution in [3.05, 3.63) is 17.6 Å². The van der Waals surface area contributed by atoms with Gasteiger partial charge in [-0.3, -0.25) is 4.79 Å². The van der Waals surface area contributed by atoms with Crippen LogP contribution in [-0.2, 0) is 9.53 Å². The van der Waals surface area contributed by atoms with E-state index in [9.17, 15) is 4.79 Å². The van der Waals surface area contributed by atoms with E-state index in [-0.39, 0.29) is 17.9 Å². The van der Waals surface area contributed by atoms with Crippen LogP contribution in [0, 0.1) is 6.92 Å². The van der Waals surface area contributed by atoms with Crippen LogP contribution in [0.4, 0.5) is 5.82 Å². The van der Waals surface area contributed by atoms with Crippen LogP contribution in [0.25, 0.3) is 0 Å². The molecular weight excluding hydrogens is 268 g/mol. The molecule has 1 aromatic rings. The number of hydrogen-bond acceptors (Lipinski definition) is 5. The van der Waals surface area contributed by atoms with Gasteiger partial charge in [-0.1, -0.05) is 13.8 Å². The molecule has 2 rings (SSSR count). The van der Waals surface area contributed by atoms with Crippen molar-refractivity contribution >= 4 is 11.7 Å². The van der Waals surface area contributed by atoms with Gasteiger partial charge in [-0.05, 0) is 13.8 Å². The quantitative estimate of drug-likeness (QED) is 0.912. The fourth-order valence-electron chi connectivity index (χ4n) is 2.26. The standard InChI is InChI=1S/C15H24N4O2/c1-10(2)14-16-11(3)9-13(18-14)17-12(4)15(20)19-5-7-21-8-6-19/h9-10,12H,5-8H2,1-4H3,(H,16,17,18). The second-order valence-corrected chi connectivity index (χ2v) is 5.71. The monoisotopic (exact) mass is 292 g/mol. The van der Waals surface area contributed by atoms with Crippen LogP contribution in [0.15, 0.2) is 6.07 Å². The van der Waals surface area contributed by atoms with Crippen molar-refractivity contribution in [1.29, 1.82) is 0 Å². The number of rotatable bonds is 4. The van der Waals surface area contributed by atoms with E-state index >= 15 is 0 Å². The fraction of sp³-hybridized carbons (Fsp3) is 0.667. The number of carbonyl (C=O) groups is 1. The predicted molar refractivity (Wildman–Crippen MR) is 81.3 cm³/mol. The van der Waals surface area contributed by atoms with Crippen LogP contribution >= 0.6 is 0 Å². The molecule has 0 radical (unpaired) electrons. The lowest BCUT2D eigenvalue weighted by Crippen LogP contribution is -2.47. The van der Waals surface area contributed by atoms with E-state index in [1.54, 1.807) is 0 Å². The van der Waals surface area contributed by atoms with Gasteiger partial charge in [0.2, 0.25) is 5.91 Å². The highest BCUT2D eigenvalue weighted by atomic mass is 16.5. The van der Waals surface area contributed by atoms with Crippen molar-refractivity contribution in [1.82, 2.24) is 14.9 Å². The maximum absolute atomic E-state index is 12.4. The van der Waals surface area contributed by atoms with E-state index in [2.05, 4.69) is 29.1 Å². The Morgan fingerprint density at radius 2 is 1.95 bits per heavy atom. The summed E-state index contributed by atoms with van der Waals surface area (Å²) >= 11 is 0. The van der Waals surface area contributed by atoms with Gasteiger partial charge >= 0.3 is 0 Å². The van der Waals surface area contributed by atoms with Gasteiger partial charge in [0, 0.05) is 30.8 Å². The van der Waals surface area contributed by atoms with Crippen molar-refractivity contribution in [3.8, 4) is 0 Å². The Bertz CT molecular complexity index is 498. The van der Waals surface area contributed by atoms with Crippen molar-refractivity contribution in [2.24, 2.45) is 0 Å². The van der Waals surface area contributed by atoms with E-state index in [1.807, 2.05) is 24.8 Å². The first-order valence-electron chi connectivity index (χ1n) is 7.46. The van der Waals surface area contributed by atoms with E-state index in [1.165, 1.54) is 0 Å². The van der Waals surface area contributed by atoms with E-state index < -0.39 is 0 Å². The Morgan fingerprint density at radius 1 is 1.29 bits per heavy atom. The summed E-state index contributed by atoms with van der Waals surface area (Å²) in [7, 11) is 0. The number of aryl methyl sites for hydroxylation is 1. The number of aromatic nitrogens is 2. The zero-order valence-electron chi connectivity index (χ0n) is 13.2. The Hall–Kier alpha value is -1.69. The lowest BCUT2D eigenvalue weighted by atomic mass is 10.2. The molecule has 1 atom stereocenters. The van der Waals surface area contributed by atoms with E-state index in [0.717, 1.165) is 11.5 Å². The third-order valence-electron chi connectivity index (χ3n) is 3.45. The SMILES string of the molecule is Cc1cc(NC(C)C(=O)N2CCOCC2)nc(C(C)C)n1. The lowest BCUT2D eigenvalue weighted by Gasteiger charge is -2.29. The number of morpholine rings is 1. The molecule has 0 aliphatic carbocycles. The summed E-state index contributed by atoms with van der Waals surface area (Å²) in [5, 5.41) is 3.19. The minimum atomic E-state index is -0.308. The number of amides is 1. The molecule has 2 heterocycles. The Morgan fingerprint density at radius 3 is 2.57 bits per heavy atom. The molecule has 6 heteroatoms. The van der Waals surface area contributed by atoms with Crippen molar-refractivity contribution in [3.63, 3.8) is 0 Å². The third-order valence-corrected chi connectivity index (χ3v) is 3.45. The largest absolute Gasteiger partial charge is 0.378 e. The number of nitrogens with one attached hydrogen (secondary N) is 1. The van der Waals surface area contributed by atoms with Gasteiger partial charge in [-0.2, -0.15) is 0 Å². The van der Waals surface area contributed by atoms with Crippen LogP contribution in [0.1, 0.15) is 38.2 Å². The van der Waals surface area contributed by atoms with Crippen LogP contribution < -0.4 is 5.32 Å². The summed E-state index contributed by atoms with van der Waals surface area (Å²) in [6, 6.07) is 1.56. The maximum Gasteiger partial charge on any atom is 0.244 e. The molecule has 1 aliphatic rings. The molecule has 1 amide bonds. The molecule has 21 heavy (non-hydrogen) atoms. The third kappa shape index (κ3) is 4.14. The van der Waals surface area contributed by atoms with Crippen molar-refractivity contribution in [2.75, 3.05) is 31.6 Å². The lowest BCUT2D eigenvalue weighted by molar-refractivity contribution is -0.135. The molecule has 116 valence electrons. The topological polar surface area (TPSA) is 67.4 Å². The average Bonchev–Trinajstić information content (AvgIpc) is 2.46. The summed E-state index contributed by atoms with van der Waals surface area (Å²) in [6.45, 7) is 10.5. The molecule has 1 fully saturated rings. The number of anilines is 1. The van der Waals surface area contributed by atoms with Gasteiger partial charge in [0.1, 0.15) is 17.7 Å². The Balaban J connectivity index is 2.04. The zero-order chi connectivity index (χ0) is 15.4. The maximum atomic E-state index is 12.4. The summed E-state index contributed by atoms with van der Waals surface area (Å²) in [5.74, 6) is 1.85.